The highest BCUT2D eigenvalue weighted by Crippen LogP contribution is 2.23. The van der Waals surface area contributed by atoms with Gasteiger partial charge in [0, 0.05) is 12.8 Å². The molecule has 3 aromatic rings. The smallest absolute Gasteiger partial charge is 0.191 e. The number of benzene rings is 2. The van der Waals surface area contributed by atoms with E-state index in [1.54, 1.807) is 11.8 Å². The second kappa shape index (κ2) is 7.74. The van der Waals surface area contributed by atoms with Gasteiger partial charge >= 0.3 is 0 Å². The van der Waals surface area contributed by atoms with Crippen LogP contribution >= 0.6 is 11.8 Å². The van der Waals surface area contributed by atoms with Gasteiger partial charge in [0.15, 0.2) is 11.0 Å². The lowest BCUT2D eigenvalue weighted by Crippen LogP contribution is -2.05. The lowest BCUT2D eigenvalue weighted by molar-refractivity contribution is 0.288. The van der Waals surface area contributed by atoms with Crippen molar-refractivity contribution in [3.63, 3.8) is 0 Å². The van der Waals surface area contributed by atoms with E-state index >= 15 is 0 Å². The quantitative estimate of drug-likeness (QED) is 0.607. The molecule has 0 aliphatic heterocycles. The van der Waals surface area contributed by atoms with E-state index in [9.17, 15) is 0 Å². The first-order valence-corrected chi connectivity index (χ1v) is 9.28. The molecule has 0 saturated carbocycles. The molecule has 0 saturated heterocycles. The molecule has 2 aromatic carbocycles. The van der Waals surface area contributed by atoms with Crippen LogP contribution in [0.25, 0.3) is 0 Å². The number of rotatable bonds is 6. The number of aromatic nitrogens is 3. The van der Waals surface area contributed by atoms with Gasteiger partial charge in [-0.15, -0.1) is 10.2 Å². The van der Waals surface area contributed by atoms with Crippen LogP contribution in [-0.2, 0) is 19.4 Å². The van der Waals surface area contributed by atoms with Gasteiger partial charge in [-0.2, -0.15) is 0 Å². The first-order chi connectivity index (χ1) is 12.0. The van der Waals surface area contributed by atoms with Crippen molar-refractivity contribution in [1.82, 2.24) is 14.8 Å². The molecular weight excluding hydrogens is 330 g/mol. The second-order valence-corrected chi connectivity index (χ2v) is 7.23. The van der Waals surface area contributed by atoms with Gasteiger partial charge in [-0.25, -0.2) is 0 Å². The highest BCUT2D eigenvalue weighted by Gasteiger charge is 2.11. The Hall–Kier alpha value is -2.27. The number of hydrogen-bond donors (Lipinski definition) is 0. The fourth-order valence-electron chi connectivity index (χ4n) is 2.53. The lowest BCUT2D eigenvalue weighted by atomic mass is 10.1. The molecule has 1 heterocycles. The first-order valence-electron chi connectivity index (χ1n) is 8.29. The number of ether oxygens (including phenoxy) is 1. The van der Waals surface area contributed by atoms with Crippen molar-refractivity contribution < 1.29 is 4.74 Å². The zero-order valence-corrected chi connectivity index (χ0v) is 15.9. The van der Waals surface area contributed by atoms with Crippen LogP contribution in [0.1, 0.15) is 28.1 Å². The summed E-state index contributed by atoms with van der Waals surface area (Å²) in [5.74, 6) is 2.60. The van der Waals surface area contributed by atoms with Crippen LogP contribution in [0.5, 0.6) is 5.75 Å². The maximum Gasteiger partial charge on any atom is 0.191 e. The Bertz CT molecular complexity index is 856. The molecule has 0 atom stereocenters. The van der Waals surface area contributed by atoms with Gasteiger partial charge in [-0.1, -0.05) is 59.3 Å². The van der Waals surface area contributed by atoms with Crippen LogP contribution in [0.2, 0.25) is 0 Å². The molecule has 0 amide bonds. The van der Waals surface area contributed by atoms with Crippen LogP contribution in [0.4, 0.5) is 0 Å². The van der Waals surface area contributed by atoms with Crippen LogP contribution in [0.15, 0.2) is 47.6 Å². The third-order valence-corrected chi connectivity index (χ3v) is 5.19. The van der Waals surface area contributed by atoms with Gasteiger partial charge in [-0.05, 0) is 38.0 Å². The molecule has 0 N–H and O–H groups in total. The molecule has 0 unspecified atom stereocenters. The standard InChI is InChI=1S/C20H23N3OS/c1-14-5-8-17(9-6-14)13-25-20-22-21-19(23(20)4)12-24-18-10-7-15(2)11-16(18)3/h5-11H,12-13H2,1-4H3. The molecule has 0 fully saturated rings. The summed E-state index contributed by atoms with van der Waals surface area (Å²) in [5, 5.41) is 9.47. The van der Waals surface area contributed by atoms with Gasteiger partial charge < -0.3 is 9.30 Å². The van der Waals surface area contributed by atoms with Gasteiger partial charge in [0.05, 0.1) is 0 Å². The van der Waals surface area contributed by atoms with E-state index < -0.39 is 0 Å². The molecule has 1 aromatic heterocycles. The fraction of sp³-hybridized carbons (Fsp3) is 0.300. The maximum atomic E-state index is 5.92. The molecule has 3 rings (SSSR count). The number of aryl methyl sites for hydroxylation is 3. The lowest BCUT2D eigenvalue weighted by Gasteiger charge is -2.09. The number of thioether (sulfide) groups is 1. The zero-order chi connectivity index (χ0) is 17.8. The summed E-state index contributed by atoms with van der Waals surface area (Å²) in [4.78, 5) is 0. The Morgan fingerprint density at radius 1 is 0.960 bits per heavy atom. The molecule has 0 aliphatic rings. The summed E-state index contributed by atoms with van der Waals surface area (Å²) < 4.78 is 7.92. The highest BCUT2D eigenvalue weighted by atomic mass is 32.2. The summed E-state index contributed by atoms with van der Waals surface area (Å²) in [6, 6.07) is 14.8. The minimum atomic E-state index is 0.415. The van der Waals surface area contributed by atoms with E-state index in [1.807, 2.05) is 17.7 Å². The van der Waals surface area contributed by atoms with E-state index in [1.165, 1.54) is 16.7 Å². The van der Waals surface area contributed by atoms with Crippen LogP contribution in [0, 0.1) is 20.8 Å². The number of nitrogens with zero attached hydrogens (tertiary/aromatic N) is 3. The molecule has 0 spiro atoms. The van der Waals surface area contributed by atoms with Gasteiger partial charge in [0.1, 0.15) is 12.4 Å². The van der Waals surface area contributed by atoms with Crippen LogP contribution < -0.4 is 4.74 Å². The van der Waals surface area contributed by atoms with Crippen molar-refractivity contribution in [2.45, 2.75) is 38.3 Å². The Kier molecular flexibility index (Phi) is 5.43. The van der Waals surface area contributed by atoms with Gasteiger partial charge in [0.2, 0.25) is 0 Å². The normalized spacial score (nSPS) is 10.9. The average molecular weight is 353 g/mol. The Labute approximate surface area is 153 Å². The van der Waals surface area contributed by atoms with Crippen molar-refractivity contribution in [3.05, 3.63) is 70.5 Å². The Balaban J connectivity index is 1.61. The summed E-state index contributed by atoms with van der Waals surface area (Å²) in [7, 11) is 1.98. The van der Waals surface area contributed by atoms with E-state index in [2.05, 4.69) is 67.4 Å². The van der Waals surface area contributed by atoms with Crippen molar-refractivity contribution in [3.8, 4) is 5.75 Å². The van der Waals surface area contributed by atoms with Gasteiger partial charge in [0.25, 0.3) is 0 Å². The van der Waals surface area contributed by atoms with E-state index in [0.29, 0.717) is 6.61 Å². The third kappa shape index (κ3) is 4.42. The predicted octanol–water partition coefficient (Wildman–Crippen LogP) is 4.61. The fourth-order valence-corrected chi connectivity index (χ4v) is 3.42. The highest BCUT2D eigenvalue weighted by molar-refractivity contribution is 7.98. The Morgan fingerprint density at radius 2 is 1.68 bits per heavy atom. The molecule has 0 aliphatic carbocycles. The van der Waals surface area contributed by atoms with Crippen molar-refractivity contribution in [2.75, 3.05) is 0 Å². The van der Waals surface area contributed by atoms with Crippen molar-refractivity contribution >= 4 is 11.8 Å². The molecule has 0 radical (unpaired) electrons. The summed E-state index contributed by atoms with van der Waals surface area (Å²) in [5.41, 5.74) is 4.93. The summed E-state index contributed by atoms with van der Waals surface area (Å²) in [6.07, 6.45) is 0. The molecule has 25 heavy (non-hydrogen) atoms. The predicted molar refractivity (Wildman–Crippen MR) is 102 cm³/mol. The van der Waals surface area contributed by atoms with E-state index in [4.69, 9.17) is 4.74 Å². The Morgan fingerprint density at radius 3 is 2.40 bits per heavy atom. The zero-order valence-electron chi connectivity index (χ0n) is 15.1. The number of hydrogen-bond acceptors (Lipinski definition) is 4. The molecule has 130 valence electrons. The van der Waals surface area contributed by atoms with E-state index in [0.717, 1.165) is 28.0 Å². The topological polar surface area (TPSA) is 39.9 Å². The van der Waals surface area contributed by atoms with Crippen LogP contribution in [0.3, 0.4) is 0 Å². The monoisotopic (exact) mass is 353 g/mol. The third-order valence-electron chi connectivity index (χ3n) is 4.10. The van der Waals surface area contributed by atoms with Gasteiger partial charge in [-0.3, -0.25) is 0 Å². The summed E-state index contributed by atoms with van der Waals surface area (Å²) in [6.45, 7) is 6.65. The minimum absolute atomic E-state index is 0.415. The average Bonchev–Trinajstić information content (AvgIpc) is 2.94. The first kappa shape index (κ1) is 17.5. The van der Waals surface area contributed by atoms with E-state index in [-0.39, 0.29) is 0 Å². The maximum absolute atomic E-state index is 5.92. The van der Waals surface area contributed by atoms with Crippen molar-refractivity contribution in [2.24, 2.45) is 7.05 Å². The SMILES string of the molecule is Cc1ccc(CSc2nnc(COc3ccc(C)cc3C)n2C)cc1. The second-order valence-electron chi connectivity index (χ2n) is 6.29. The molecule has 0 bridgehead atoms. The molecule has 5 heteroatoms. The molecular formula is C20H23N3OS. The van der Waals surface area contributed by atoms with Crippen LogP contribution in [-0.4, -0.2) is 14.8 Å². The summed E-state index contributed by atoms with van der Waals surface area (Å²) >= 11 is 1.69. The largest absolute Gasteiger partial charge is 0.485 e. The van der Waals surface area contributed by atoms with Crippen molar-refractivity contribution in [1.29, 1.82) is 0 Å². The molecule has 4 nitrogen and oxygen atoms in total. The minimum Gasteiger partial charge on any atom is -0.485 e.